The van der Waals surface area contributed by atoms with E-state index in [1.807, 2.05) is 0 Å². The van der Waals surface area contributed by atoms with Crippen molar-refractivity contribution in [3.63, 3.8) is 0 Å². The molecule has 0 radical (unpaired) electrons. The van der Waals surface area contributed by atoms with Gasteiger partial charge in [-0.3, -0.25) is 0 Å². The predicted molar refractivity (Wildman–Crippen MR) is 205 cm³/mol. The first-order valence-electron chi connectivity index (χ1n) is 15.3. The minimum absolute atomic E-state index is 0.380. The number of hydrogen-bond donors (Lipinski definition) is 0. The zero-order valence-corrected chi connectivity index (χ0v) is 28.9. The van der Waals surface area contributed by atoms with Crippen LogP contribution in [-0.4, -0.2) is 5.40 Å². The summed E-state index contributed by atoms with van der Waals surface area (Å²) in [4.78, 5) is 0. The SMILES string of the molecule is CC(C)=CC(P(Cl)(c1ccccc1)(c1ccccc1)c1ccccc1)P(Cl)(c1ccccc1)(c1ccccc1)c1ccccc1. The molecule has 0 spiro atoms. The molecule has 6 aromatic carbocycles. The van der Waals surface area contributed by atoms with Gasteiger partial charge in [-0.25, -0.2) is 0 Å². The quantitative estimate of drug-likeness (QED) is 0.107. The third-order valence-corrected chi connectivity index (χ3v) is 27.5. The maximum absolute atomic E-state index is 9.14. The first kappa shape index (κ1) is 31.5. The molecule has 0 saturated heterocycles. The molecule has 45 heavy (non-hydrogen) atoms. The number of halogens is 2. The molecule has 0 heterocycles. The molecule has 0 nitrogen and oxygen atoms in total. The van der Waals surface area contributed by atoms with Gasteiger partial charge in [0.25, 0.3) is 0 Å². The molecule has 0 aromatic heterocycles. The number of rotatable bonds is 9. The van der Waals surface area contributed by atoms with Gasteiger partial charge in [-0.15, -0.1) is 0 Å². The first-order chi connectivity index (χ1) is 21.8. The molecule has 0 fully saturated rings. The first-order valence-corrected chi connectivity index (χ1v) is 21.7. The Morgan fingerprint density at radius 2 is 0.556 bits per heavy atom. The van der Waals surface area contributed by atoms with Gasteiger partial charge in [-0.2, -0.15) is 0 Å². The van der Waals surface area contributed by atoms with Crippen LogP contribution in [0.3, 0.4) is 0 Å². The van der Waals surface area contributed by atoms with Gasteiger partial charge in [0.05, 0.1) is 0 Å². The fourth-order valence-electron chi connectivity index (χ4n) is 7.11. The van der Waals surface area contributed by atoms with Gasteiger partial charge in [0, 0.05) is 0 Å². The molecule has 0 N–H and O–H groups in total. The van der Waals surface area contributed by atoms with Crippen molar-refractivity contribution in [3.05, 3.63) is 194 Å². The Labute approximate surface area is 277 Å². The van der Waals surface area contributed by atoms with Gasteiger partial charge >= 0.3 is 279 Å². The summed E-state index contributed by atoms with van der Waals surface area (Å²) in [5.41, 5.74) is 1.16. The number of benzene rings is 6. The maximum atomic E-state index is 9.14. The van der Waals surface area contributed by atoms with E-state index < -0.39 is 11.9 Å². The van der Waals surface area contributed by atoms with Crippen LogP contribution in [0.4, 0.5) is 0 Å². The molecule has 6 aromatic rings. The molecular formula is C41H38Cl2P2. The zero-order chi connectivity index (χ0) is 31.4. The van der Waals surface area contributed by atoms with Crippen LogP contribution in [0.1, 0.15) is 13.8 Å². The third-order valence-electron chi connectivity index (χ3n) is 9.04. The second kappa shape index (κ2) is 12.4. The monoisotopic (exact) mass is 662 g/mol. The van der Waals surface area contributed by atoms with Crippen LogP contribution < -0.4 is 31.8 Å². The summed E-state index contributed by atoms with van der Waals surface area (Å²) in [6.45, 7) is 4.34. The number of hydrogen-bond acceptors (Lipinski definition) is 0. The minimum atomic E-state index is -4.10. The molecule has 0 unspecified atom stereocenters. The average molecular weight is 664 g/mol. The summed E-state index contributed by atoms with van der Waals surface area (Å²) in [6, 6.07) is 64.4. The van der Waals surface area contributed by atoms with E-state index in [1.54, 1.807) is 0 Å². The van der Waals surface area contributed by atoms with Crippen molar-refractivity contribution in [2.75, 3.05) is 0 Å². The third kappa shape index (κ3) is 4.74. The van der Waals surface area contributed by atoms with E-state index in [0.717, 1.165) is 37.4 Å². The Morgan fingerprint density at radius 1 is 0.378 bits per heavy atom. The summed E-state index contributed by atoms with van der Waals surface area (Å²) in [6.07, 6.45) is 2.41. The van der Waals surface area contributed by atoms with Gasteiger partial charge in [0.15, 0.2) is 0 Å². The van der Waals surface area contributed by atoms with Crippen LogP contribution in [0.5, 0.6) is 0 Å². The summed E-state index contributed by atoms with van der Waals surface area (Å²) < 4.78 is 0. The van der Waals surface area contributed by atoms with Crippen molar-refractivity contribution in [3.8, 4) is 0 Å². The molecule has 0 saturated carbocycles. The number of allylic oxidation sites excluding steroid dienone is 2. The van der Waals surface area contributed by atoms with Gasteiger partial charge in [-0.1, -0.05) is 0 Å². The Kier molecular flexibility index (Phi) is 8.65. The van der Waals surface area contributed by atoms with Gasteiger partial charge in [-0.05, 0) is 0 Å². The molecule has 0 amide bonds. The Hall–Kier alpha value is -3.50. The van der Waals surface area contributed by atoms with Crippen LogP contribution >= 0.6 is 34.4 Å². The molecule has 4 heteroatoms. The molecule has 0 aliphatic carbocycles. The molecule has 0 aliphatic rings. The van der Waals surface area contributed by atoms with E-state index in [1.165, 1.54) is 0 Å². The van der Waals surface area contributed by atoms with Crippen LogP contribution in [0.25, 0.3) is 0 Å². The van der Waals surface area contributed by atoms with Crippen molar-refractivity contribution < 1.29 is 0 Å². The van der Waals surface area contributed by atoms with Gasteiger partial charge in [0.1, 0.15) is 0 Å². The van der Waals surface area contributed by atoms with E-state index in [-0.39, 0.29) is 5.40 Å². The summed E-state index contributed by atoms with van der Waals surface area (Å²) in [5, 5.41) is 6.13. The Morgan fingerprint density at radius 3 is 0.711 bits per heavy atom. The van der Waals surface area contributed by atoms with Crippen molar-refractivity contribution in [2.45, 2.75) is 19.2 Å². The predicted octanol–water partition coefficient (Wildman–Crippen LogP) is 9.65. The van der Waals surface area contributed by atoms with Crippen molar-refractivity contribution in [1.29, 1.82) is 0 Å². The Bertz CT molecular complexity index is 1560. The van der Waals surface area contributed by atoms with Crippen LogP contribution in [-0.2, 0) is 0 Å². The molecule has 0 bridgehead atoms. The van der Waals surface area contributed by atoms with Crippen molar-refractivity contribution >= 4 is 66.2 Å². The zero-order valence-electron chi connectivity index (χ0n) is 25.6. The average Bonchev–Trinajstić information content (AvgIpc) is 3.12. The molecule has 226 valence electrons. The van der Waals surface area contributed by atoms with Crippen LogP contribution in [0.2, 0.25) is 0 Å². The molecule has 0 atom stereocenters. The standard InChI is InChI=1S/C41H38Cl2P2/c1-34(2)33-41(44(42,35-21-9-3-10-22-35,36-23-11-4-12-24-36)37-25-13-5-14-26-37)45(43,38-27-15-6-16-28-38,39-29-17-7-18-30-39)40-31-19-8-20-32-40/h3-33,41H,1-2H3. The van der Waals surface area contributed by atoms with Crippen LogP contribution in [0, 0.1) is 0 Å². The van der Waals surface area contributed by atoms with Crippen molar-refractivity contribution in [2.24, 2.45) is 0 Å². The second-order valence-corrected chi connectivity index (χ2v) is 24.9. The van der Waals surface area contributed by atoms with Gasteiger partial charge in [0.2, 0.25) is 0 Å². The van der Waals surface area contributed by atoms with E-state index >= 15 is 0 Å². The van der Waals surface area contributed by atoms with E-state index in [2.05, 4.69) is 202 Å². The van der Waals surface area contributed by atoms with Gasteiger partial charge < -0.3 is 0 Å². The topological polar surface area (TPSA) is 0 Å². The molecular weight excluding hydrogens is 625 g/mol. The normalized spacial score (nSPS) is 14.2. The summed E-state index contributed by atoms with van der Waals surface area (Å²) in [7, 11) is 0. The Balaban J connectivity index is 1.99. The van der Waals surface area contributed by atoms with E-state index in [9.17, 15) is 0 Å². The fraction of sp³-hybridized carbons (Fsp3) is 0.0732. The van der Waals surface area contributed by atoms with E-state index in [0.29, 0.717) is 0 Å². The second-order valence-electron chi connectivity index (χ2n) is 11.8. The summed E-state index contributed by atoms with van der Waals surface area (Å²) in [5.74, 6) is -8.20. The van der Waals surface area contributed by atoms with Crippen LogP contribution in [0.15, 0.2) is 194 Å². The molecule has 6 rings (SSSR count). The van der Waals surface area contributed by atoms with E-state index in [4.69, 9.17) is 22.5 Å². The summed E-state index contributed by atoms with van der Waals surface area (Å²) >= 11 is 18.3. The van der Waals surface area contributed by atoms with Crippen molar-refractivity contribution in [1.82, 2.24) is 0 Å². The fourth-order valence-corrected chi connectivity index (χ4v) is 28.0. The molecule has 0 aliphatic heterocycles.